The maximum absolute atomic E-state index is 5.73. The maximum atomic E-state index is 5.73. The third kappa shape index (κ3) is 1.37. The van der Waals surface area contributed by atoms with E-state index in [1.54, 1.807) is 0 Å². The average molecular weight is 238 g/mol. The highest BCUT2D eigenvalue weighted by atomic mass is 16.7. The zero-order valence-corrected chi connectivity index (χ0v) is 9.50. The van der Waals surface area contributed by atoms with Crippen LogP contribution in [-0.2, 0) is 0 Å². The van der Waals surface area contributed by atoms with E-state index in [0.29, 0.717) is 5.76 Å². The molecule has 2 heterocycles. The van der Waals surface area contributed by atoms with Crippen molar-refractivity contribution in [3.05, 3.63) is 60.4 Å². The van der Waals surface area contributed by atoms with Gasteiger partial charge in [-0.05, 0) is 24.3 Å². The van der Waals surface area contributed by atoms with E-state index in [-0.39, 0.29) is 0 Å². The largest absolute Gasteiger partial charge is 0.453 e. The summed E-state index contributed by atoms with van der Waals surface area (Å²) < 4.78 is 17.1. The van der Waals surface area contributed by atoms with Crippen LogP contribution in [0.1, 0.15) is 12.1 Å². The van der Waals surface area contributed by atoms with Crippen molar-refractivity contribution in [1.29, 1.82) is 0 Å². The number of benzene rings is 2. The number of ether oxygens (including phenoxy) is 2. The second-order valence-corrected chi connectivity index (χ2v) is 4.20. The first-order valence-electron chi connectivity index (χ1n) is 5.81. The Bertz CT molecular complexity index is 656. The summed E-state index contributed by atoms with van der Waals surface area (Å²) in [5.74, 6) is 2.19. The molecule has 1 aliphatic rings. The number of hydrogen-bond donors (Lipinski definition) is 0. The second kappa shape index (κ2) is 3.53. The van der Waals surface area contributed by atoms with Crippen molar-refractivity contribution in [2.75, 3.05) is 0 Å². The molecule has 0 radical (unpaired) electrons. The van der Waals surface area contributed by atoms with Crippen LogP contribution in [0.3, 0.4) is 0 Å². The zero-order valence-electron chi connectivity index (χ0n) is 9.50. The molecule has 0 amide bonds. The Hall–Kier alpha value is -2.42. The Labute approximate surface area is 104 Å². The molecular weight excluding hydrogens is 228 g/mol. The van der Waals surface area contributed by atoms with E-state index in [0.717, 1.165) is 22.5 Å². The van der Waals surface area contributed by atoms with Gasteiger partial charge in [-0.15, -0.1) is 0 Å². The Morgan fingerprint density at radius 3 is 2.17 bits per heavy atom. The van der Waals surface area contributed by atoms with Gasteiger partial charge in [0.15, 0.2) is 17.3 Å². The minimum atomic E-state index is -0.491. The molecule has 1 aliphatic heterocycles. The highest BCUT2D eigenvalue weighted by molar-refractivity contribution is 5.77. The van der Waals surface area contributed by atoms with Gasteiger partial charge in [-0.3, -0.25) is 0 Å². The molecule has 2 aromatic carbocycles. The van der Waals surface area contributed by atoms with E-state index < -0.39 is 6.29 Å². The number of fused-ring (bicyclic) bond motifs is 2. The zero-order chi connectivity index (χ0) is 11.9. The van der Waals surface area contributed by atoms with Crippen LogP contribution in [0.15, 0.2) is 59.0 Å². The van der Waals surface area contributed by atoms with Gasteiger partial charge in [-0.25, -0.2) is 0 Å². The summed E-state index contributed by atoms with van der Waals surface area (Å²) in [5.41, 5.74) is 0.843. The molecule has 88 valence electrons. The lowest BCUT2D eigenvalue weighted by molar-refractivity contribution is 0.0300. The van der Waals surface area contributed by atoms with Crippen LogP contribution in [0.25, 0.3) is 11.0 Å². The van der Waals surface area contributed by atoms with Gasteiger partial charge >= 0.3 is 6.29 Å². The molecule has 4 rings (SSSR count). The van der Waals surface area contributed by atoms with Crippen molar-refractivity contribution in [1.82, 2.24) is 0 Å². The minimum Gasteiger partial charge on any atom is -0.453 e. The van der Waals surface area contributed by atoms with Crippen molar-refractivity contribution in [2.45, 2.75) is 6.29 Å². The molecular formula is C15H10O3. The fraction of sp³-hybridized carbons (Fsp3) is 0.0667. The fourth-order valence-corrected chi connectivity index (χ4v) is 2.13. The molecule has 0 bridgehead atoms. The van der Waals surface area contributed by atoms with Crippen LogP contribution in [0.5, 0.6) is 11.5 Å². The summed E-state index contributed by atoms with van der Waals surface area (Å²) in [6.07, 6.45) is -0.491. The summed E-state index contributed by atoms with van der Waals surface area (Å²) in [4.78, 5) is 0. The quantitative estimate of drug-likeness (QED) is 0.644. The van der Waals surface area contributed by atoms with Gasteiger partial charge in [0.05, 0.1) is 0 Å². The molecule has 0 fully saturated rings. The maximum Gasteiger partial charge on any atom is 0.300 e. The Kier molecular flexibility index (Phi) is 1.88. The summed E-state index contributed by atoms with van der Waals surface area (Å²) >= 11 is 0. The van der Waals surface area contributed by atoms with E-state index in [4.69, 9.17) is 13.9 Å². The van der Waals surface area contributed by atoms with Gasteiger partial charge in [0.1, 0.15) is 5.58 Å². The fourth-order valence-electron chi connectivity index (χ4n) is 2.13. The molecule has 0 spiro atoms. The number of rotatable bonds is 1. The van der Waals surface area contributed by atoms with E-state index in [9.17, 15) is 0 Å². The molecule has 3 nitrogen and oxygen atoms in total. The predicted molar refractivity (Wildman–Crippen MR) is 66.7 cm³/mol. The Balaban J connectivity index is 1.73. The molecule has 0 aliphatic carbocycles. The van der Waals surface area contributed by atoms with Crippen molar-refractivity contribution in [2.24, 2.45) is 0 Å². The average Bonchev–Trinajstić information content (AvgIpc) is 3.02. The van der Waals surface area contributed by atoms with Gasteiger partial charge in [0.2, 0.25) is 0 Å². The van der Waals surface area contributed by atoms with Crippen LogP contribution >= 0.6 is 0 Å². The SMILES string of the molecule is c1ccc2c(c1)OC(c1cc3ccccc3o1)O2. The van der Waals surface area contributed by atoms with E-state index in [2.05, 4.69) is 0 Å². The molecule has 0 saturated carbocycles. The molecule has 0 atom stereocenters. The summed E-state index contributed by atoms with van der Waals surface area (Å²) in [6.45, 7) is 0. The van der Waals surface area contributed by atoms with Crippen LogP contribution in [0.2, 0.25) is 0 Å². The molecule has 18 heavy (non-hydrogen) atoms. The van der Waals surface area contributed by atoms with Crippen LogP contribution in [-0.4, -0.2) is 0 Å². The van der Waals surface area contributed by atoms with Crippen LogP contribution in [0.4, 0.5) is 0 Å². The monoisotopic (exact) mass is 238 g/mol. The third-order valence-corrected chi connectivity index (χ3v) is 2.99. The number of para-hydroxylation sites is 3. The highest BCUT2D eigenvalue weighted by Crippen LogP contribution is 2.40. The van der Waals surface area contributed by atoms with Gasteiger partial charge in [-0.1, -0.05) is 30.3 Å². The van der Waals surface area contributed by atoms with Gasteiger partial charge in [0.25, 0.3) is 0 Å². The summed E-state index contributed by atoms with van der Waals surface area (Å²) in [5, 5.41) is 1.05. The van der Waals surface area contributed by atoms with Gasteiger partial charge in [-0.2, -0.15) is 0 Å². The molecule has 0 saturated heterocycles. The summed E-state index contributed by atoms with van der Waals surface area (Å²) in [7, 11) is 0. The topological polar surface area (TPSA) is 31.6 Å². The lowest BCUT2D eigenvalue weighted by Gasteiger charge is -2.05. The molecule has 0 N–H and O–H groups in total. The number of furan rings is 1. The standard InChI is InChI=1S/C15H10O3/c1-2-6-11-10(5-1)9-14(16-11)15-17-12-7-3-4-8-13(12)18-15/h1-9,15H. The first-order valence-corrected chi connectivity index (χ1v) is 5.81. The summed E-state index contributed by atoms with van der Waals surface area (Å²) in [6, 6.07) is 17.4. The molecule has 3 aromatic rings. The Morgan fingerprint density at radius 1 is 0.778 bits per heavy atom. The lowest BCUT2D eigenvalue weighted by Crippen LogP contribution is -2.06. The smallest absolute Gasteiger partial charge is 0.300 e. The van der Waals surface area contributed by atoms with Crippen molar-refractivity contribution in [3.63, 3.8) is 0 Å². The van der Waals surface area contributed by atoms with Crippen molar-refractivity contribution >= 4 is 11.0 Å². The van der Waals surface area contributed by atoms with E-state index in [1.807, 2.05) is 54.6 Å². The lowest BCUT2D eigenvalue weighted by atomic mass is 10.2. The Morgan fingerprint density at radius 2 is 1.44 bits per heavy atom. The molecule has 0 unspecified atom stereocenters. The first-order chi connectivity index (χ1) is 8.90. The van der Waals surface area contributed by atoms with Crippen LogP contribution < -0.4 is 9.47 Å². The van der Waals surface area contributed by atoms with Crippen molar-refractivity contribution < 1.29 is 13.9 Å². The third-order valence-electron chi connectivity index (χ3n) is 2.99. The minimum absolute atomic E-state index is 0.491. The van der Waals surface area contributed by atoms with Crippen molar-refractivity contribution in [3.8, 4) is 11.5 Å². The van der Waals surface area contributed by atoms with Gasteiger partial charge in [0, 0.05) is 5.39 Å². The van der Waals surface area contributed by atoms with E-state index in [1.165, 1.54) is 0 Å². The predicted octanol–water partition coefficient (Wildman–Crippen LogP) is 3.90. The molecule has 1 aromatic heterocycles. The second-order valence-electron chi connectivity index (χ2n) is 4.20. The normalized spacial score (nSPS) is 14.2. The highest BCUT2D eigenvalue weighted by Gasteiger charge is 2.28. The first kappa shape index (κ1) is 9.59. The molecule has 3 heteroatoms. The number of hydrogen-bond acceptors (Lipinski definition) is 3. The van der Waals surface area contributed by atoms with Crippen LogP contribution in [0, 0.1) is 0 Å². The van der Waals surface area contributed by atoms with Gasteiger partial charge < -0.3 is 13.9 Å². The van der Waals surface area contributed by atoms with E-state index >= 15 is 0 Å².